The van der Waals surface area contributed by atoms with Gasteiger partial charge in [-0.15, -0.1) is 0 Å². The Morgan fingerprint density at radius 1 is 0.966 bits per heavy atom. The minimum absolute atomic E-state index is 0.0430. The molecule has 2 aromatic rings. The van der Waals surface area contributed by atoms with E-state index in [-0.39, 0.29) is 23.8 Å². The van der Waals surface area contributed by atoms with Crippen LogP contribution in [0.25, 0.3) is 0 Å². The molecule has 0 saturated carbocycles. The van der Waals surface area contributed by atoms with Crippen molar-refractivity contribution >= 4 is 11.8 Å². The maximum absolute atomic E-state index is 13.3. The normalized spacial score (nSPS) is 12.4. The molecule has 0 heterocycles. The Hall–Kier alpha value is -2.62. The van der Waals surface area contributed by atoms with Gasteiger partial charge in [-0.3, -0.25) is 9.59 Å². The zero-order valence-corrected chi connectivity index (χ0v) is 18.8. The van der Waals surface area contributed by atoms with Crippen molar-refractivity contribution < 1.29 is 9.59 Å². The highest BCUT2D eigenvalue weighted by molar-refractivity contribution is 5.88. The van der Waals surface area contributed by atoms with Crippen molar-refractivity contribution in [2.75, 3.05) is 0 Å². The summed E-state index contributed by atoms with van der Waals surface area (Å²) in [5.74, 6) is -0.182. The SMILES string of the molecule is Cc1ccc(C)c(CC(=O)N(Cc2ccccc2C)C(C)C(=O)NC(C)(C)C)c1. The van der Waals surface area contributed by atoms with Gasteiger partial charge >= 0.3 is 0 Å². The maximum atomic E-state index is 13.3. The Labute approximate surface area is 175 Å². The molecule has 2 aromatic carbocycles. The van der Waals surface area contributed by atoms with Gasteiger partial charge in [0.25, 0.3) is 0 Å². The summed E-state index contributed by atoms with van der Waals surface area (Å²) in [6.07, 6.45) is 0.284. The molecule has 0 aliphatic carbocycles. The van der Waals surface area contributed by atoms with E-state index in [1.54, 1.807) is 11.8 Å². The van der Waals surface area contributed by atoms with E-state index in [0.717, 1.165) is 27.8 Å². The van der Waals surface area contributed by atoms with Gasteiger partial charge in [-0.1, -0.05) is 48.0 Å². The second kappa shape index (κ2) is 9.25. The van der Waals surface area contributed by atoms with Crippen LogP contribution < -0.4 is 5.32 Å². The van der Waals surface area contributed by atoms with Crippen LogP contribution in [-0.4, -0.2) is 28.3 Å². The number of hydrogen-bond donors (Lipinski definition) is 1. The van der Waals surface area contributed by atoms with Gasteiger partial charge in [0.05, 0.1) is 6.42 Å². The minimum atomic E-state index is -0.563. The van der Waals surface area contributed by atoms with Crippen LogP contribution in [0.2, 0.25) is 0 Å². The van der Waals surface area contributed by atoms with E-state index >= 15 is 0 Å². The van der Waals surface area contributed by atoms with Crippen molar-refractivity contribution in [1.82, 2.24) is 10.2 Å². The Bertz CT molecular complexity index is 881. The first-order chi connectivity index (χ1) is 13.5. The summed E-state index contributed by atoms with van der Waals surface area (Å²) < 4.78 is 0. The number of carbonyl (C=O) groups excluding carboxylic acids is 2. The summed E-state index contributed by atoms with van der Waals surface area (Å²) in [5.41, 5.74) is 5.04. The number of benzene rings is 2. The zero-order chi connectivity index (χ0) is 21.8. The van der Waals surface area contributed by atoms with E-state index in [9.17, 15) is 9.59 Å². The highest BCUT2D eigenvalue weighted by atomic mass is 16.2. The molecule has 0 spiro atoms. The summed E-state index contributed by atoms with van der Waals surface area (Å²) in [5, 5.41) is 3.01. The third-order valence-electron chi connectivity index (χ3n) is 5.11. The lowest BCUT2D eigenvalue weighted by Crippen LogP contribution is -2.52. The Kier molecular flexibility index (Phi) is 7.23. The molecule has 1 atom stereocenters. The van der Waals surface area contributed by atoms with E-state index < -0.39 is 6.04 Å². The smallest absolute Gasteiger partial charge is 0.242 e. The summed E-state index contributed by atoms with van der Waals surface area (Å²) in [6.45, 7) is 14.1. The van der Waals surface area contributed by atoms with E-state index in [0.29, 0.717) is 6.54 Å². The first-order valence-corrected chi connectivity index (χ1v) is 10.2. The number of hydrogen-bond acceptors (Lipinski definition) is 2. The number of aryl methyl sites for hydroxylation is 3. The van der Waals surface area contributed by atoms with Crippen LogP contribution >= 0.6 is 0 Å². The molecular formula is C25H34N2O2. The fourth-order valence-electron chi connectivity index (χ4n) is 3.28. The van der Waals surface area contributed by atoms with Crippen LogP contribution in [0, 0.1) is 20.8 Å². The highest BCUT2D eigenvalue weighted by Crippen LogP contribution is 2.18. The fourth-order valence-corrected chi connectivity index (χ4v) is 3.28. The van der Waals surface area contributed by atoms with Crippen molar-refractivity contribution in [3.8, 4) is 0 Å². The quantitative estimate of drug-likeness (QED) is 0.785. The van der Waals surface area contributed by atoms with Crippen LogP contribution in [0.5, 0.6) is 0 Å². The van der Waals surface area contributed by atoms with Crippen molar-refractivity contribution in [2.45, 2.75) is 73.0 Å². The lowest BCUT2D eigenvalue weighted by atomic mass is 10.0. The molecule has 0 radical (unpaired) electrons. The molecule has 0 bridgehead atoms. The monoisotopic (exact) mass is 394 g/mol. The molecule has 0 aliphatic rings. The van der Waals surface area contributed by atoms with Crippen LogP contribution in [-0.2, 0) is 22.6 Å². The molecular weight excluding hydrogens is 360 g/mol. The third kappa shape index (κ3) is 6.45. The van der Waals surface area contributed by atoms with E-state index in [1.807, 2.05) is 77.9 Å². The van der Waals surface area contributed by atoms with Gasteiger partial charge < -0.3 is 10.2 Å². The van der Waals surface area contributed by atoms with Crippen LogP contribution in [0.3, 0.4) is 0 Å². The predicted octanol–water partition coefficient (Wildman–Crippen LogP) is 4.49. The summed E-state index contributed by atoms with van der Waals surface area (Å²) >= 11 is 0. The average Bonchev–Trinajstić information content (AvgIpc) is 2.62. The van der Waals surface area contributed by atoms with Crippen LogP contribution in [0.1, 0.15) is 55.5 Å². The summed E-state index contributed by atoms with van der Waals surface area (Å²) in [7, 11) is 0. The lowest BCUT2D eigenvalue weighted by molar-refractivity contribution is -0.140. The van der Waals surface area contributed by atoms with Gasteiger partial charge in [0.2, 0.25) is 11.8 Å². The van der Waals surface area contributed by atoms with E-state index in [2.05, 4.69) is 11.4 Å². The molecule has 2 amide bonds. The Morgan fingerprint density at radius 2 is 1.59 bits per heavy atom. The van der Waals surface area contributed by atoms with Gasteiger partial charge in [0.1, 0.15) is 6.04 Å². The topological polar surface area (TPSA) is 49.4 Å². The molecule has 0 saturated heterocycles. The van der Waals surface area contributed by atoms with Gasteiger partial charge in [0.15, 0.2) is 0 Å². The fraction of sp³-hybridized carbons (Fsp3) is 0.440. The van der Waals surface area contributed by atoms with Crippen LogP contribution in [0.4, 0.5) is 0 Å². The number of nitrogens with zero attached hydrogens (tertiary/aromatic N) is 1. The number of carbonyl (C=O) groups is 2. The molecule has 0 fully saturated rings. The Balaban J connectivity index is 2.32. The third-order valence-corrected chi connectivity index (χ3v) is 5.11. The first-order valence-electron chi connectivity index (χ1n) is 10.2. The van der Waals surface area contributed by atoms with Gasteiger partial charge in [-0.25, -0.2) is 0 Å². The first kappa shape index (κ1) is 22.7. The molecule has 1 N–H and O–H groups in total. The average molecular weight is 395 g/mol. The number of nitrogens with one attached hydrogen (secondary N) is 1. The van der Waals surface area contributed by atoms with Crippen molar-refractivity contribution in [1.29, 1.82) is 0 Å². The van der Waals surface area contributed by atoms with Crippen molar-refractivity contribution in [3.63, 3.8) is 0 Å². The van der Waals surface area contributed by atoms with Gasteiger partial charge in [0, 0.05) is 12.1 Å². The predicted molar refractivity (Wildman–Crippen MR) is 119 cm³/mol. The molecule has 156 valence electrons. The summed E-state index contributed by atoms with van der Waals surface area (Å²) in [6, 6.07) is 13.6. The lowest BCUT2D eigenvalue weighted by Gasteiger charge is -2.32. The second-order valence-electron chi connectivity index (χ2n) is 8.97. The zero-order valence-electron chi connectivity index (χ0n) is 18.8. The Morgan fingerprint density at radius 3 is 2.21 bits per heavy atom. The molecule has 29 heavy (non-hydrogen) atoms. The molecule has 2 rings (SSSR count). The van der Waals surface area contributed by atoms with E-state index in [1.165, 1.54) is 0 Å². The van der Waals surface area contributed by atoms with Crippen molar-refractivity contribution in [3.05, 3.63) is 70.3 Å². The maximum Gasteiger partial charge on any atom is 0.242 e. The molecule has 0 aromatic heterocycles. The van der Waals surface area contributed by atoms with Gasteiger partial charge in [-0.05, 0) is 70.7 Å². The molecule has 1 unspecified atom stereocenters. The van der Waals surface area contributed by atoms with Crippen molar-refractivity contribution in [2.24, 2.45) is 0 Å². The summed E-state index contributed by atoms with van der Waals surface area (Å²) in [4.78, 5) is 27.9. The standard InChI is InChI=1S/C25H34N2O2/c1-17-12-13-19(3)22(14-17)15-23(28)27(16-21-11-9-8-10-18(21)2)20(4)24(29)26-25(5,6)7/h8-14,20H,15-16H2,1-7H3,(H,26,29). The highest BCUT2D eigenvalue weighted by Gasteiger charge is 2.28. The van der Waals surface area contributed by atoms with E-state index in [4.69, 9.17) is 0 Å². The number of rotatable bonds is 6. The molecule has 0 aliphatic heterocycles. The second-order valence-corrected chi connectivity index (χ2v) is 8.97. The largest absolute Gasteiger partial charge is 0.350 e. The molecule has 4 nitrogen and oxygen atoms in total. The number of amides is 2. The molecule has 4 heteroatoms. The van der Waals surface area contributed by atoms with Gasteiger partial charge in [-0.2, -0.15) is 0 Å². The minimum Gasteiger partial charge on any atom is -0.350 e. The van der Waals surface area contributed by atoms with Crippen LogP contribution in [0.15, 0.2) is 42.5 Å².